The Balaban J connectivity index is 1.57. The molecular formula is C10H19N3O. The minimum atomic E-state index is 0.0174. The van der Waals surface area contributed by atoms with E-state index in [4.69, 9.17) is 0 Å². The van der Waals surface area contributed by atoms with Crippen LogP contribution in [-0.2, 0) is 0 Å². The molecule has 1 aliphatic carbocycles. The van der Waals surface area contributed by atoms with E-state index in [2.05, 4.69) is 16.0 Å². The Labute approximate surface area is 84.8 Å². The molecule has 80 valence electrons. The smallest absolute Gasteiger partial charge is 0.315 e. The second-order valence-corrected chi connectivity index (χ2v) is 4.36. The van der Waals surface area contributed by atoms with Gasteiger partial charge in [-0.05, 0) is 12.8 Å². The van der Waals surface area contributed by atoms with Gasteiger partial charge in [0.15, 0.2) is 0 Å². The zero-order chi connectivity index (χ0) is 9.80. The van der Waals surface area contributed by atoms with Gasteiger partial charge in [0, 0.05) is 31.6 Å². The van der Waals surface area contributed by atoms with Crippen LogP contribution >= 0.6 is 0 Å². The van der Waals surface area contributed by atoms with Crippen LogP contribution < -0.4 is 16.0 Å². The van der Waals surface area contributed by atoms with Gasteiger partial charge in [0.2, 0.25) is 0 Å². The molecule has 3 N–H and O–H groups in total. The lowest BCUT2D eigenvalue weighted by atomic mass is 10.0. The Morgan fingerprint density at radius 2 is 2.00 bits per heavy atom. The second-order valence-electron chi connectivity index (χ2n) is 4.36. The molecule has 4 heteroatoms. The molecule has 0 spiro atoms. The minimum Gasteiger partial charge on any atom is -0.338 e. The van der Waals surface area contributed by atoms with Crippen LogP contribution in [0.25, 0.3) is 0 Å². The predicted octanol–water partition coefficient (Wildman–Crippen LogP) is 0.448. The summed E-state index contributed by atoms with van der Waals surface area (Å²) in [6.07, 6.45) is 4.83. The molecule has 0 unspecified atom stereocenters. The fraction of sp³-hybridized carbons (Fsp3) is 0.900. The molecule has 1 aliphatic heterocycles. The molecule has 2 aliphatic rings. The van der Waals surface area contributed by atoms with E-state index < -0.39 is 0 Å². The molecule has 4 nitrogen and oxygen atoms in total. The first kappa shape index (κ1) is 9.77. The molecule has 1 heterocycles. The van der Waals surface area contributed by atoms with Crippen LogP contribution in [0.2, 0.25) is 0 Å². The average Bonchev–Trinajstić information content (AvgIpc) is 2.54. The van der Waals surface area contributed by atoms with E-state index in [1.165, 1.54) is 12.8 Å². The highest BCUT2D eigenvalue weighted by atomic mass is 16.2. The van der Waals surface area contributed by atoms with Gasteiger partial charge in [-0.3, -0.25) is 0 Å². The van der Waals surface area contributed by atoms with Gasteiger partial charge in [0.25, 0.3) is 0 Å². The molecule has 0 bridgehead atoms. The van der Waals surface area contributed by atoms with Crippen molar-refractivity contribution in [3.63, 3.8) is 0 Å². The van der Waals surface area contributed by atoms with Crippen LogP contribution in [0.15, 0.2) is 0 Å². The van der Waals surface area contributed by atoms with Gasteiger partial charge in [-0.1, -0.05) is 12.8 Å². The van der Waals surface area contributed by atoms with E-state index in [0.29, 0.717) is 12.0 Å². The molecule has 0 aromatic rings. The minimum absolute atomic E-state index is 0.0174. The Morgan fingerprint density at radius 3 is 2.57 bits per heavy atom. The van der Waals surface area contributed by atoms with Gasteiger partial charge in [-0.15, -0.1) is 0 Å². The number of amides is 2. The van der Waals surface area contributed by atoms with Crippen LogP contribution in [-0.4, -0.2) is 31.7 Å². The lowest BCUT2D eigenvalue weighted by molar-refractivity contribution is 0.231. The number of hydrogen-bond acceptors (Lipinski definition) is 2. The predicted molar refractivity (Wildman–Crippen MR) is 55.2 cm³/mol. The van der Waals surface area contributed by atoms with Crippen molar-refractivity contribution >= 4 is 6.03 Å². The summed E-state index contributed by atoms with van der Waals surface area (Å²) in [6, 6.07) is 0.443. The summed E-state index contributed by atoms with van der Waals surface area (Å²) < 4.78 is 0. The highest BCUT2D eigenvalue weighted by molar-refractivity contribution is 5.74. The SMILES string of the molecule is O=C(NCC1CNC1)NC1CCCC1. The molecule has 1 saturated carbocycles. The van der Waals surface area contributed by atoms with E-state index in [-0.39, 0.29) is 6.03 Å². The maximum atomic E-state index is 11.4. The first-order valence-corrected chi connectivity index (χ1v) is 5.59. The normalized spacial score (nSPS) is 23.1. The Morgan fingerprint density at radius 1 is 1.29 bits per heavy atom. The fourth-order valence-electron chi connectivity index (χ4n) is 2.04. The average molecular weight is 197 g/mol. The number of urea groups is 1. The second kappa shape index (κ2) is 4.64. The molecule has 2 amide bonds. The zero-order valence-corrected chi connectivity index (χ0v) is 8.51. The molecule has 1 saturated heterocycles. The largest absolute Gasteiger partial charge is 0.338 e. The number of hydrogen-bond donors (Lipinski definition) is 3. The van der Waals surface area contributed by atoms with Crippen LogP contribution in [0.1, 0.15) is 25.7 Å². The highest BCUT2D eigenvalue weighted by Gasteiger charge is 2.19. The monoisotopic (exact) mass is 197 g/mol. The summed E-state index contributed by atoms with van der Waals surface area (Å²) >= 11 is 0. The quantitative estimate of drug-likeness (QED) is 0.615. The third kappa shape index (κ3) is 2.61. The molecule has 0 radical (unpaired) electrons. The Kier molecular flexibility index (Phi) is 3.24. The summed E-state index contributed by atoms with van der Waals surface area (Å²) in [4.78, 5) is 11.4. The Bertz CT molecular complexity index is 198. The van der Waals surface area contributed by atoms with Crippen LogP contribution in [0, 0.1) is 5.92 Å². The maximum Gasteiger partial charge on any atom is 0.315 e. The summed E-state index contributed by atoms with van der Waals surface area (Å²) in [7, 11) is 0. The van der Waals surface area contributed by atoms with E-state index in [1.54, 1.807) is 0 Å². The topological polar surface area (TPSA) is 53.2 Å². The van der Waals surface area contributed by atoms with Crippen molar-refractivity contribution in [3.05, 3.63) is 0 Å². The van der Waals surface area contributed by atoms with Gasteiger partial charge in [-0.25, -0.2) is 4.79 Å². The Hall–Kier alpha value is -0.770. The first-order valence-electron chi connectivity index (χ1n) is 5.59. The molecule has 0 atom stereocenters. The molecule has 2 rings (SSSR count). The van der Waals surface area contributed by atoms with Gasteiger partial charge in [0.05, 0.1) is 0 Å². The maximum absolute atomic E-state index is 11.4. The third-order valence-electron chi connectivity index (χ3n) is 3.11. The van der Waals surface area contributed by atoms with Gasteiger partial charge in [-0.2, -0.15) is 0 Å². The molecular weight excluding hydrogens is 178 g/mol. The summed E-state index contributed by atoms with van der Waals surface area (Å²) in [5, 5.41) is 9.12. The van der Waals surface area contributed by atoms with Gasteiger partial charge < -0.3 is 16.0 Å². The highest BCUT2D eigenvalue weighted by Crippen LogP contribution is 2.17. The van der Waals surface area contributed by atoms with Crippen molar-refractivity contribution in [1.29, 1.82) is 0 Å². The number of nitrogens with one attached hydrogen (secondary N) is 3. The van der Waals surface area contributed by atoms with E-state index >= 15 is 0 Å². The van der Waals surface area contributed by atoms with Gasteiger partial charge >= 0.3 is 6.03 Å². The summed E-state index contributed by atoms with van der Waals surface area (Å²) in [5.74, 6) is 0.643. The van der Waals surface area contributed by atoms with Crippen molar-refractivity contribution in [2.75, 3.05) is 19.6 Å². The fourth-order valence-corrected chi connectivity index (χ4v) is 2.04. The summed E-state index contributed by atoms with van der Waals surface area (Å²) in [6.45, 7) is 2.90. The van der Waals surface area contributed by atoms with E-state index in [0.717, 1.165) is 32.5 Å². The van der Waals surface area contributed by atoms with Crippen LogP contribution in [0.3, 0.4) is 0 Å². The van der Waals surface area contributed by atoms with Crippen molar-refractivity contribution in [1.82, 2.24) is 16.0 Å². The number of carbonyl (C=O) groups is 1. The van der Waals surface area contributed by atoms with Crippen LogP contribution in [0.5, 0.6) is 0 Å². The van der Waals surface area contributed by atoms with E-state index in [1.807, 2.05) is 0 Å². The summed E-state index contributed by atoms with van der Waals surface area (Å²) in [5.41, 5.74) is 0. The van der Waals surface area contributed by atoms with Crippen molar-refractivity contribution in [2.45, 2.75) is 31.7 Å². The third-order valence-corrected chi connectivity index (χ3v) is 3.11. The standard InChI is InChI=1S/C10H19N3O/c14-10(12-7-8-5-11-6-8)13-9-3-1-2-4-9/h8-9,11H,1-7H2,(H2,12,13,14). The van der Waals surface area contributed by atoms with Crippen molar-refractivity contribution < 1.29 is 4.79 Å². The lowest BCUT2D eigenvalue weighted by Crippen LogP contribution is -2.50. The van der Waals surface area contributed by atoms with Crippen LogP contribution in [0.4, 0.5) is 4.79 Å². The molecule has 14 heavy (non-hydrogen) atoms. The molecule has 0 aromatic heterocycles. The van der Waals surface area contributed by atoms with Crippen molar-refractivity contribution in [3.8, 4) is 0 Å². The van der Waals surface area contributed by atoms with Crippen molar-refractivity contribution in [2.24, 2.45) is 5.92 Å². The molecule has 2 fully saturated rings. The first-order chi connectivity index (χ1) is 6.84. The zero-order valence-electron chi connectivity index (χ0n) is 8.51. The number of rotatable bonds is 3. The van der Waals surface area contributed by atoms with Gasteiger partial charge in [0.1, 0.15) is 0 Å². The number of carbonyl (C=O) groups excluding carboxylic acids is 1. The lowest BCUT2D eigenvalue weighted by Gasteiger charge is -2.27. The molecule has 0 aromatic carbocycles. The van der Waals surface area contributed by atoms with E-state index in [9.17, 15) is 4.79 Å².